The van der Waals surface area contributed by atoms with Gasteiger partial charge in [-0.05, 0) is 175 Å². The molecule has 0 fully saturated rings. The monoisotopic (exact) mass is 1510 g/mol. The number of pyridine rings is 1. The van der Waals surface area contributed by atoms with Crippen molar-refractivity contribution in [2.75, 3.05) is 9.80 Å². The number of furan rings is 1. The average Bonchev–Trinajstić information content (AvgIpc) is 1.23. The zero-order chi connectivity index (χ0) is 70.1. The number of aromatic nitrogens is 3. The molecule has 3 aromatic heterocycles. The van der Waals surface area contributed by atoms with Gasteiger partial charge in [0.2, 0.25) is 0 Å². The molecule has 17 rings (SSSR count). The molecule has 0 saturated heterocycles. The van der Waals surface area contributed by atoms with Crippen molar-refractivity contribution < 1.29 is 38.4 Å². The fourth-order valence-corrected chi connectivity index (χ4v) is 15.3. The predicted molar refractivity (Wildman–Crippen MR) is 413 cm³/mol. The van der Waals surface area contributed by atoms with E-state index in [2.05, 4.69) is 282 Å². The van der Waals surface area contributed by atoms with Gasteiger partial charge in [-0.25, -0.2) is 0 Å². The van der Waals surface area contributed by atoms with Gasteiger partial charge in [0.1, 0.15) is 5.58 Å². The number of fused-ring (bicyclic) bond motifs is 12. The quantitative estimate of drug-likeness (QED) is 0.121. The van der Waals surface area contributed by atoms with E-state index in [1.165, 1.54) is 73.2 Å². The normalized spacial score (nSPS) is 13.5. The number of aryl methyl sites for hydroxylation is 2. The van der Waals surface area contributed by atoms with E-state index < -0.39 is 0 Å². The Morgan fingerprint density at radius 3 is 1.58 bits per heavy atom. The van der Waals surface area contributed by atoms with E-state index in [-0.39, 0.29) is 66.1 Å². The van der Waals surface area contributed by atoms with Crippen LogP contribution in [-0.4, -0.2) is 21.2 Å². The molecule has 13 aromatic rings. The summed E-state index contributed by atoms with van der Waals surface area (Å²) in [6.07, 6.45) is 1.82. The van der Waals surface area contributed by atoms with Crippen LogP contribution in [0.4, 0.5) is 38.5 Å². The van der Waals surface area contributed by atoms with Crippen molar-refractivity contribution in [2.45, 2.75) is 158 Å². The van der Waals surface area contributed by atoms with Gasteiger partial charge in [0.15, 0.2) is 23.0 Å². The summed E-state index contributed by atoms with van der Waals surface area (Å²) < 4.78 is 37.3. The Bertz CT molecular complexity index is 5370. The molecule has 10 aromatic carbocycles. The first kappa shape index (κ1) is 67.3. The maximum Gasteiger partial charge on any atom is 0.252 e. The Hall–Kier alpha value is -9.54. The van der Waals surface area contributed by atoms with Gasteiger partial charge in [0.25, 0.3) is 6.71 Å². The fraction of sp³-hybridized carbons (Fsp3) is 0.267. The topological polar surface area (TPSA) is 68.8 Å². The molecule has 0 amide bonds. The molecule has 0 bridgehead atoms. The van der Waals surface area contributed by atoms with Crippen molar-refractivity contribution >= 4 is 90.2 Å². The minimum Gasteiger partial charge on any atom is -0.500 e. The van der Waals surface area contributed by atoms with E-state index in [1.807, 2.05) is 32.2 Å². The molecule has 4 aliphatic heterocycles. The van der Waals surface area contributed by atoms with E-state index in [1.54, 1.807) is 6.07 Å². The van der Waals surface area contributed by atoms with Crippen molar-refractivity contribution in [1.29, 1.82) is 0 Å². The summed E-state index contributed by atoms with van der Waals surface area (Å²) in [6, 6.07) is 67.3. The SMILES string of the molecule is CC(C)c1cccc(C(C)C)c1-n1c(-c2[c-]ccc3c2oc2c(-c4cc5c6c(c4)N4c7ccc(C(C)(C)C)cc7Oc7cc(C(C)(C)C)cc(c74)B6c4cc(C(C)(C)C)cc6c4N5c4ccc(C(C)(C)C)cc4O6)cccc23)nc2ccccc21.Cc1cnc(-c2[c-]cc(F)cc2)cc1C.[Ir]. The summed E-state index contributed by atoms with van der Waals surface area (Å²) >= 11 is 0. The zero-order valence-electron chi connectivity index (χ0n) is 61.1. The van der Waals surface area contributed by atoms with Crippen LogP contribution in [0.2, 0.25) is 0 Å². The molecular formula is C90H85BFIrN5O3-2. The molecule has 0 spiro atoms. The van der Waals surface area contributed by atoms with E-state index in [0.29, 0.717) is 0 Å². The Morgan fingerprint density at radius 1 is 0.505 bits per heavy atom. The molecular weight excluding hydrogens is 1420 g/mol. The van der Waals surface area contributed by atoms with Crippen molar-refractivity contribution in [3.8, 4) is 62.5 Å². The first-order valence-electron chi connectivity index (χ1n) is 35.4. The molecule has 0 unspecified atom stereocenters. The third-order valence-corrected chi connectivity index (χ3v) is 21.0. The molecule has 101 heavy (non-hydrogen) atoms. The van der Waals surface area contributed by atoms with Gasteiger partial charge in [-0.2, -0.15) is 0 Å². The van der Waals surface area contributed by atoms with Crippen LogP contribution in [-0.2, 0) is 41.8 Å². The summed E-state index contributed by atoms with van der Waals surface area (Å²) in [4.78, 5) is 14.8. The first-order chi connectivity index (χ1) is 47.5. The van der Waals surface area contributed by atoms with Gasteiger partial charge >= 0.3 is 0 Å². The maximum absolute atomic E-state index is 12.7. The van der Waals surface area contributed by atoms with E-state index in [4.69, 9.17) is 18.9 Å². The Balaban J connectivity index is 0.000000458. The number of benzene rings is 10. The van der Waals surface area contributed by atoms with Crippen LogP contribution in [0, 0.1) is 31.8 Å². The number of imidazole rings is 1. The van der Waals surface area contributed by atoms with E-state index in [9.17, 15) is 4.39 Å². The zero-order valence-corrected chi connectivity index (χ0v) is 63.5. The van der Waals surface area contributed by atoms with Gasteiger partial charge < -0.3 is 33.2 Å². The van der Waals surface area contributed by atoms with Gasteiger partial charge in [-0.3, -0.25) is 9.37 Å². The molecule has 0 N–H and O–H groups in total. The number of para-hydroxylation sites is 4. The molecule has 7 heterocycles. The summed E-state index contributed by atoms with van der Waals surface area (Å²) in [7, 11) is 0. The van der Waals surface area contributed by atoms with Crippen LogP contribution < -0.4 is 35.7 Å². The van der Waals surface area contributed by atoms with Crippen LogP contribution in [0.25, 0.3) is 72.4 Å². The van der Waals surface area contributed by atoms with Crippen LogP contribution in [0.1, 0.15) is 167 Å². The second-order valence-electron chi connectivity index (χ2n) is 32.7. The number of rotatable bonds is 6. The molecule has 509 valence electrons. The van der Waals surface area contributed by atoms with Crippen LogP contribution in [0.5, 0.6) is 23.0 Å². The summed E-state index contributed by atoms with van der Waals surface area (Å²) in [5.74, 6) is 4.50. The van der Waals surface area contributed by atoms with Crippen molar-refractivity contribution in [2.24, 2.45) is 0 Å². The number of hydrogen-bond acceptors (Lipinski definition) is 7. The Kier molecular flexibility index (Phi) is 16.0. The van der Waals surface area contributed by atoms with Crippen molar-refractivity contribution in [3.05, 3.63) is 239 Å². The van der Waals surface area contributed by atoms with Crippen molar-refractivity contribution in [3.63, 3.8) is 0 Å². The molecule has 0 aliphatic carbocycles. The van der Waals surface area contributed by atoms with E-state index in [0.717, 1.165) is 129 Å². The number of halogens is 1. The maximum atomic E-state index is 12.7. The molecule has 0 saturated carbocycles. The molecule has 11 heteroatoms. The summed E-state index contributed by atoms with van der Waals surface area (Å²) in [5, 5.41) is 2.04. The average molecular weight is 1510 g/mol. The van der Waals surface area contributed by atoms with Crippen molar-refractivity contribution in [1.82, 2.24) is 14.5 Å². The van der Waals surface area contributed by atoms with Gasteiger partial charge in [-0.15, -0.1) is 48.0 Å². The third kappa shape index (κ3) is 11.1. The molecule has 0 atom stereocenters. The number of hydrogen-bond donors (Lipinski definition) is 0. The smallest absolute Gasteiger partial charge is 0.252 e. The summed E-state index contributed by atoms with van der Waals surface area (Å²) in [6.45, 7) is 40.6. The number of anilines is 6. The molecule has 4 aliphatic rings. The summed E-state index contributed by atoms with van der Waals surface area (Å²) in [5.41, 5.74) is 28.5. The van der Waals surface area contributed by atoms with E-state index >= 15 is 0 Å². The fourth-order valence-electron chi connectivity index (χ4n) is 15.3. The van der Waals surface area contributed by atoms with Gasteiger partial charge in [0.05, 0.1) is 45.2 Å². The predicted octanol–water partition coefficient (Wildman–Crippen LogP) is 23.1. The van der Waals surface area contributed by atoms with Crippen LogP contribution in [0.15, 0.2) is 180 Å². The Labute approximate surface area is 608 Å². The second kappa shape index (κ2) is 24.1. The van der Waals surface area contributed by atoms with Crippen LogP contribution >= 0.6 is 0 Å². The van der Waals surface area contributed by atoms with Gasteiger partial charge in [-0.1, -0.05) is 206 Å². The minimum atomic E-state index is -0.275. The molecule has 8 nitrogen and oxygen atoms in total. The molecule has 1 radical (unpaired) electrons. The second-order valence-corrected chi connectivity index (χ2v) is 32.7. The Morgan fingerprint density at radius 2 is 1.05 bits per heavy atom. The minimum absolute atomic E-state index is 0. The standard InChI is InChI=1S/C77H74BN4O3.C13H11FN.Ir/c1-42(2)49-22-19-23-50(43(3)4)68(49)82-58-29-18-17-28-57(58)79-73(82)54-27-21-26-53-52-25-20-24-51(71(52)85-72(53)54)44-34-61-67-62(35-44)81-60-33-31-46(75(8,9)10)39-64(60)84-66-41-48(77(14,15)16)37-56(70(66)81)78(67)55-36-47(76(11,12)13)40-65-69(55)80(61)59-32-30-45(74(5,6)7)38-63(59)83-65;1-9-7-13(15-8-10(9)2)11-3-5-12(14)6-4-11;/h17-26,28-43H,1-16H3;3,5-8H,1-2H3;/q2*-1;. The number of nitrogens with zero attached hydrogens (tertiary/aromatic N) is 5. The third-order valence-electron chi connectivity index (χ3n) is 21.0. The van der Waals surface area contributed by atoms with Gasteiger partial charge in [0, 0.05) is 60.1 Å². The first-order valence-corrected chi connectivity index (χ1v) is 35.4. The number of ether oxygens (including phenoxy) is 2. The van der Waals surface area contributed by atoms with Crippen LogP contribution in [0.3, 0.4) is 0 Å². The largest absolute Gasteiger partial charge is 0.500 e.